The summed E-state index contributed by atoms with van der Waals surface area (Å²) in [4.78, 5) is 22.9. The summed E-state index contributed by atoms with van der Waals surface area (Å²) in [7, 11) is 0. The molecular formula is C15H18N2O2. The Morgan fingerprint density at radius 2 is 2.11 bits per heavy atom. The molecule has 0 saturated carbocycles. The van der Waals surface area contributed by atoms with E-state index in [1.807, 2.05) is 12.1 Å². The van der Waals surface area contributed by atoms with Gasteiger partial charge in [-0.3, -0.25) is 9.59 Å². The third-order valence-corrected chi connectivity index (χ3v) is 3.22. The molecule has 0 aliphatic heterocycles. The molecule has 0 saturated heterocycles. The molecule has 0 fully saturated rings. The molecule has 4 heteroatoms. The van der Waals surface area contributed by atoms with Crippen molar-refractivity contribution in [1.82, 2.24) is 0 Å². The van der Waals surface area contributed by atoms with Crippen molar-refractivity contribution in [3.05, 3.63) is 42.0 Å². The molecule has 0 aromatic heterocycles. The van der Waals surface area contributed by atoms with E-state index in [-0.39, 0.29) is 12.3 Å². The SMILES string of the molecule is NC(=O)Cc1ccccc1NC(=O)CC1C=CCC1. The molecule has 1 atom stereocenters. The minimum Gasteiger partial charge on any atom is -0.369 e. The molecule has 1 unspecified atom stereocenters. The van der Waals surface area contributed by atoms with Gasteiger partial charge in [0, 0.05) is 12.1 Å². The first-order valence-electron chi connectivity index (χ1n) is 6.48. The maximum Gasteiger partial charge on any atom is 0.224 e. The standard InChI is InChI=1S/C15H18N2O2/c16-14(18)10-12-7-3-4-8-13(12)17-15(19)9-11-5-1-2-6-11/h1,3-5,7-8,11H,2,6,9-10H2,(H2,16,18)(H,17,19). The summed E-state index contributed by atoms with van der Waals surface area (Å²) in [5.41, 5.74) is 6.62. The first-order valence-corrected chi connectivity index (χ1v) is 6.48. The van der Waals surface area contributed by atoms with Crippen LogP contribution in [-0.4, -0.2) is 11.8 Å². The Bertz CT molecular complexity index is 509. The van der Waals surface area contributed by atoms with E-state index in [2.05, 4.69) is 17.5 Å². The Kier molecular flexibility index (Phi) is 4.34. The zero-order chi connectivity index (χ0) is 13.7. The number of amides is 2. The fourth-order valence-electron chi connectivity index (χ4n) is 2.29. The van der Waals surface area contributed by atoms with E-state index >= 15 is 0 Å². The average Bonchev–Trinajstić information content (AvgIpc) is 2.83. The van der Waals surface area contributed by atoms with Crippen molar-refractivity contribution in [2.24, 2.45) is 11.7 Å². The van der Waals surface area contributed by atoms with Gasteiger partial charge < -0.3 is 11.1 Å². The second-order valence-corrected chi connectivity index (χ2v) is 4.82. The van der Waals surface area contributed by atoms with Crippen molar-refractivity contribution < 1.29 is 9.59 Å². The molecule has 0 spiro atoms. The summed E-state index contributed by atoms with van der Waals surface area (Å²) >= 11 is 0. The van der Waals surface area contributed by atoms with Crippen molar-refractivity contribution >= 4 is 17.5 Å². The quantitative estimate of drug-likeness (QED) is 0.793. The minimum atomic E-state index is -0.402. The third-order valence-electron chi connectivity index (χ3n) is 3.22. The van der Waals surface area contributed by atoms with Gasteiger partial charge >= 0.3 is 0 Å². The van der Waals surface area contributed by atoms with Gasteiger partial charge in [-0.2, -0.15) is 0 Å². The number of nitrogens with two attached hydrogens (primary N) is 1. The van der Waals surface area contributed by atoms with Crippen molar-refractivity contribution in [3.8, 4) is 0 Å². The molecular weight excluding hydrogens is 240 g/mol. The number of carbonyl (C=O) groups is 2. The number of primary amides is 1. The van der Waals surface area contributed by atoms with E-state index in [0.29, 0.717) is 18.0 Å². The summed E-state index contributed by atoms with van der Waals surface area (Å²) in [6.07, 6.45) is 6.92. The van der Waals surface area contributed by atoms with Gasteiger partial charge in [-0.05, 0) is 30.4 Å². The minimum absolute atomic E-state index is 0.0199. The van der Waals surface area contributed by atoms with Gasteiger partial charge in [-0.15, -0.1) is 0 Å². The molecule has 2 amide bonds. The lowest BCUT2D eigenvalue weighted by Gasteiger charge is -2.11. The van der Waals surface area contributed by atoms with Gasteiger partial charge in [-0.25, -0.2) is 0 Å². The predicted molar refractivity (Wildman–Crippen MR) is 74.5 cm³/mol. The van der Waals surface area contributed by atoms with Gasteiger partial charge in [0.1, 0.15) is 0 Å². The zero-order valence-corrected chi connectivity index (χ0v) is 10.8. The van der Waals surface area contributed by atoms with Crippen LogP contribution in [0.4, 0.5) is 5.69 Å². The topological polar surface area (TPSA) is 72.2 Å². The highest BCUT2D eigenvalue weighted by Crippen LogP contribution is 2.22. The van der Waals surface area contributed by atoms with Crippen LogP contribution in [0.1, 0.15) is 24.8 Å². The van der Waals surface area contributed by atoms with Crippen LogP contribution in [-0.2, 0) is 16.0 Å². The average molecular weight is 258 g/mol. The molecule has 19 heavy (non-hydrogen) atoms. The number of nitrogens with one attached hydrogen (secondary N) is 1. The third kappa shape index (κ3) is 3.95. The number of hydrogen-bond acceptors (Lipinski definition) is 2. The van der Waals surface area contributed by atoms with E-state index < -0.39 is 5.91 Å². The van der Waals surface area contributed by atoms with Gasteiger partial charge in [0.15, 0.2) is 0 Å². The van der Waals surface area contributed by atoms with Crippen LogP contribution in [0, 0.1) is 5.92 Å². The maximum atomic E-state index is 11.9. The molecule has 1 aliphatic carbocycles. The van der Waals surface area contributed by atoms with Gasteiger partial charge in [0.05, 0.1) is 6.42 Å². The van der Waals surface area contributed by atoms with Crippen LogP contribution < -0.4 is 11.1 Å². The van der Waals surface area contributed by atoms with E-state index in [0.717, 1.165) is 18.4 Å². The number of carbonyl (C=O) groups excluding carboxylic acids is 2. The molecule has 1 aromatic carbocycles. The van der Waals surface area contributed by atoms with Crippen LogP contribution in [0.25, 0.3) is 0 Å². The largest absolute Gasteiger partial charge is 0.369 e. The molecule has 2 rings (SSSR count). The number of allylic oxidation sites excluding steroid dienone is 2. The summed E-state index contributed by atoms with van der Waals surface area (Å²) in [5.74, 6) is -0.0859. The maximum absolute atomic E-state index is 11.9. The van der Waals surface area contributed by atoms with Crippen molar-refractivity contribution in [3.63, 3.8) is 0 Å². The highest BCUT2D eigenvalue weighted by atomic mass is 16.2. The Hall–Kier alpha value is -2.10. The van der Waals surface area contributed by atoms with E-state index in [4.69, 9.17) is 5.73 Å². The Balaban J connectivity index is 1.99. The molecule has 0 radical (unpaired) electrons. The fourth-order valence-corrected chi connectivity index (χ4v) is 2.29. The Labute approximate surface area is 112 Å². The van der Waals surface area contributed by atoms with Crippen LogP contribution in [0.15, 0.2) is 36.4 Å². The number of rotatable bonds is 5. The lowest BCUT2D eigenvalue weighted by Crippen LogP contribution is -2.18. The Morgan fingerprint density at radius 1 is 1.32 bits per heavy atom. The zero-order valence-electron chi connectivity index (χ0n) is 10.8. The smallest absolute Gasteiger partial charge is 0.224 e. The summed E-state index contributed by atoms with van der Waals surface area (Å²) in [6, 6.07) is 7.25. The van der Waals surface area contributed by atoms with Crippen LogP contribution in [0.5, 0.6) is 0 Å². The van der Waals surface area contributed by atoms with E-state index in [1.165, 1.54) is 0 Å². The second-order valence-electron chi connectivity index (χ2n) is 4.82. The van der Waals surface area contributed by atoms with Crippen LogP contribution in [0.3, 0.4) is 0 Å². The molecule has 3 N–H and O–H groups in total. The van der Waals surface area contributed by atoms with Crippen molar-refractivity contribution in [2.45, 2.75) is 25.7 Å². The highest BCUT2D eigenvalue weighted by Gasteiger charge is 2.15. The molecule has 1 aliphatic rings. The molecule has 0 bridgehead atoms. The Morgan fingerprint density at radius 3 is 2.79 bits per heavy atom. The highest BCUT2D eigenvalue weighted by molar-refractivity contribution is 5.92. The number of hydrogen-bond donors (Lipinski definition) is 2. The predicted octanol–water partition coefficient (Wildman–Crippen LogP) is 2.01. The number of benzene rings is 1. The van der Waals surface area contributed by atoms with E-state index in [1.54, 1.807) is 12.1 Å². The van der Waals surface area contributed by atoms with Gasteiger partial charge in [-0.1, -0.05) is 30.4 Å². The fraction of sp³-hybridized carbons (Fsp3) is 0.333. The number of anilines is 1. The van der Waals surface area contributed by atoms with Gasteiger partial charge in [0.2, 0.25) is 11.8 Å². The number of para-hydroxylation sites is 1. The van der Waals surface area contributed by atoms with Gasteiger partial charge in [0.25, 0.3) is 0 Å². The normalized spacial score (nSPS) is 17.4. The summed E-state index contributed by atoms with van der Waals surface area (Å²) in [5, 5.41) is 2.86. The molecule has 4 nitrogen and oxygen atoms in total. The molecule has 100 valence electrons. The monoisotopic (exact) mass is 258 g/mol. The van der Waals surface area contributed by atoms with Crippen LogP contribution in [0.2, 0.25) is 0 Å². The first-order chi connectivity index (χ1) is 9.15. The van der Waals surface area contributed by atoms with Crippen molar-refractivity contribution in [1.29, 1.82) is 0 Å². The second kappa shape index (κ2) is 6.18. The summed E-state index contributed by atoms with van der Waals surface area (Å²) in [6.45, 7) is 0. The lowest BCUT2D eigenvalue weighted by atomic mass is 10.0. The lowest BCUT2D eigenvalue weighted by molar-refractivity contribution is -0.118. The first kappa shape index (κ1) is 13.3. The molecule has 0 heterocycles. The summed E-state index contributed by atoms with van der Waals surface area (Å²) < 4.78 is 0. The van der Waals surface area contributed by atoms with E-state index in [9.17, 15) is 9.59 Å². The van der Waals surface area contributed by atoms with Crippen molar-refractivity contribution in [2.75, 3.05) is 5.32 Å². The molecule has 1 aromatic rings. The van der Waals surface area contributed by atoms with Crippen LogP contribution >= 0.6 is 0 Å².